The third-order valence-electron chi connectivity index (χ3n) is 2.56. The molecule has 0 atom stereocenters. The summed E-state index contributed by atoms with van der Waals surface area (Å²) in [7, 11) is -3.50. The molecule has 0 aliphatic rings. The lowest BCUT2D eigenvalue weighted by Gasteiger charge is -2.05. The van der Waals surface area contributed by atoms with Gasteiger partial charge in [0.25, 0.3) is 0 Å². The van der Waals surface area contributed by atoms with Crippen LogP contribution in [0.2, 0.25) is 0 Å². The molecule has 0 spiro atoms. The van der Waals surface area contributed by atoms with E-state index >= 15 is 0 Å². The Morgan fingerprint density at radius 2 is 2.20 bits per heavy atom. The second-order valence-corrected chi connectivity index (χ2v) is 6.13. The molecule has 0 aliphatic heterocycles. The van der Waals surface area contributed by atoms with Gasteiger partial charge in [-0.05, 0) is 24.6 Å². The van der Waals surface area contributed by atoms with Crippen LogP contribution in [-0.4, -0.2) is 13.6 Å². The minimum atomic E-state index is -3.50. The van der Waals surface area contributed by atoms with E-state index in [9.17, 15) is 8.42 Å². The van der Waals surface area contributed by atoms with Crippen molar-refractivity contribution in [3.05, 3.63) is 52.9 Å². The molecular formula is C13H13N3O3S. The Hall–Kier alpha value is -2.17. The summed E-state index contributed by atoms with van der Waals surface area (Å²) in [5, 5.41) is 12.5. The number of nitrogens with one attached hydrogen (secondary N) is 1. The molecule has 7 heteroatoms. The maximum absolute atomic E-state index is 11.9. The van der Waals surface area contributed by atoms with Crippen molar-refractivity contribution in [2.24, 2.45) is 0 Å². The first-order valence-electron chi connectivity index (χ1n) is 5.87. The zero-order chi connectivity index (χ0) is 14.6. The van der Waals surface area contributed by atoms with Crippen LogP contribution in [0.3, 0.4) is 0 Å². The first-order valence-corrected chi connectivity index (χ1v) is 7.52. The molecule has 0 unspecified atom stereocenters. The minimum absolute atomic E-state index is 0.0567. The van der Waals surface area contributed by atoms with Gasteiger partial charge in [0.15, 0.2) is 5.76 Å². The molecule has 0 saturated carbocycles. The molecule has 0 saturated heterocycles. The zero-order valence-electron chi connectivity index (χ0n) is 10.8. The highest BCUT2D eigenvalue weighted by molar-refractivity contribution is 7.88. The molecule has 104 valence electrons. The van der Waals surface area contributed by atoms with Crippen molar-refractivity contribution in [3.63, 3.8) is 0 Å². The summed E-state index contributed by atoms with van der Waals surface area (Å²) in [5.41, 5.74) is 1.69. The van der Waals surface area contributed by atoms with Gasteiger partial charge in [-0.2, -0.15) is 5.26 Å². The van der Waals surface area contributed by atoms with E-state index in [1.807, 2.05) is 6.07 Å². The Balaban J connectivity index is 2.02. The van der Waals surface area contributed by atoms with Crippen LogP contribution in [0.5, 0.6) is 0 Å². The summed E-state index contributed by atoms with van der Waals surface area (Å²) in [6.07, 6.45) is 0. The second-order valence-electron chi connectivity index (χ2n) is 4.33. The van der Waals surface area contributed by atoms with Crippen molar-refractivity contribution < 1.29 is 12.9 Å². The van der Waals surface area contributed by atoms with Crippen LogP contribution in [0.15, 0.2) is 34.9 Å². The fourth-order valence-corrected chi connectivity index (χ4v) is 2.76. The smallest absolute Gasteiger partial charge is 0.216 e. The summed E-state index contributed by atoms with van der Waals surface area (Å²) >= 11 is 0. The van der Waals surface area contributed by atoms with Crippen molar-refractivity contribution in [3.8, 4) is 6.07 Å². The highest BCUT2D eigenvalue weighted by Crippen LogP contribution is 2.09. The number of nitrogens with zero attached hydrogens (tertiary/aromatic N) is 2. The average molecular weight is 291 g/mol. The number of hydrogen-bond donors (Lipinski definition) is 1. The molecule has 2 rings (SSSR count). The lowest BCUT2D eigenvalue weighted by molar-refractivity contribution is 0.377. The molecule has 6 nitrogen and oxygen atoms in total. The molecule has 1 heterocycles. The fourth-order valence-electron chi connectivity index (χ4n) is 1.68. The summed E-state index contributed by atoms with van der Waals surface area (Å²) in [6.45, 7) is 1.82. The van der Waals surface area contributed by atoms with Gasteiger partial charge in [0.1, 0.15) is 0 Å². The summed E-state index contributed by atoms with van der Waals surface area (Å²) < 4.78 is 31.2. The molecule has 1 aromatic heterocycles. The van der Waals surface area contributed by atoms with Crippen LogP contribution >= 0.6 is 0 Å². The Labute approximate surface area is 117 Å². The molecule has 2 aromatic rings. The van der Waals surface area contributed by atoms with E-state index in [0.29, 0.717) is 22.6 Å². The van der Waals surface area contributed by atoms with Gasteiger partial charge in [-0.1, -0.05) is 17.3 Å². The highest BCUT2D eigenvalue weighted by Gasteiger charge is 2.13. The van der Waals surface area contributed by atoms with Crippen molar-refractivity contribution >= 4 is 10.0 Å². The Bertz CT molecular complexity index is 744. The number of nitriles is 1. The number of sulfonamides is 1. The summed E-state index contributed by atoms with van der Waals surface area (Å²) in [4.78, 5) is 0. The van der Waals surface area contributed by atoms with Gasteiger partial charge in [-0.25, -0.2) is 13.1 Å². The SMILES string of the molecule is Cc1cc(CNS(=O)(=O)Cc2cccc(C#N)c2)on1. The first-order chi connectivity index (χ1) is 9.48. The molecule has 0 amide bonds. The monoisotopic (exact) mass is 291 g/mol. The van der Waals surface area contributed by atoms with Crippen LogP contribution in [0.1, 0.15) is 22.6 Å². The predicted octanol–water partition coefficient (Wildman–Crippen LogP) is 1.47. The third-order valence-corrected chi connectivity index (χ3v) is 3.85. The summed E-state index contributed by atoms with van der Waals surface area (Å²) in [6, 6.07) is 10.1. The highest BCUT2D eigenvalue weighted by atomic mass is 32.2. The van der Waals surface area contributed by atoms with Crippen LogP contribution in [0, 0.1) is 18.3 Å². The largest absolute Gasteiger partial charge is 0.360 e. The van der Waals surface area contributed by atoms with Crippen LogP contribution in [-0.2, 0) is 22.3 Å². The van der Waals surface area contributed by atoms with Crippen molar-refractivity contribution in [1.29, 1.82) is 5.26 Å². The Morgan fingerprint density at radius 1 is 1.40 bits per heavy atom. The van der Waals surface area contributed by atoms with Gasteiger partial charge in [-0.3, -0.25) is 0 Å². The molecule has 0 radical (unpaired) electrons. The normalized spacial score (nSPS) is 11.2. The van der Waals surface area contributed by atoms with Gasteiger partial charge in [0.05, 0.1) is 29.6 Å². The average Bonchev–Trinajstić information content (AvgIpc) is 2.82. The molecule has 20 heavy (non-hydrogen) atoms. The van der Waals surface area contributed by atoms with E-state index in [1.165, 1.54) is 0 Å². The van der Waals surface area contributed by atoms with Gasteiger partial charge < -0.3 is 4.52 Å². The van der Waals surface area contributed by atoms with E-state index in [2.05, 4.69) is 9.88 Å². The zero-order valence-corrected chi connectivity index (χ0v) is 11.6. The van der Waals surface area contributed by atoms with E-state index in [-0.39, 0.29) is 12.3 Å². The standard InChI is InChI=1S/C13H13N3O3S/c1-10-5-13(19-16-10)8-15-20(17,18)9-12-4-2-3-11(6-12)7-14/h2-6,15H,8-9H2,1H3. The number of aromatic nitrogens is 1. The van der Waals surface area contributed by atoms with E-state index in [1.54, 1.807) is 37.3 Å². The van der Waals surface area contributed by atoms with E-state index < -0.39 is 10.0 Å². The molecular weight excluding hydrogens is 278 g/mol. The maximum atomic E-state index is 11.9. The molecule has 0 aliphatic carbocycles. The Morgan fingerprint density at radius 3 is 2.85 bits per heavy atom. The lowest BCUT2D eigenvalue weighted by Crippen LogP contribution is -2.24. The van der Waals surface area contributed by atoms with Gasteiger partial charge in [-0.15, -0.1) is 0 Å². The van der Waals surface area contributed by atoms with Crippen LogP contribution < -0.4 is 4.72 Å². The molecule has 0 bridgehead atoms. The van der Waals surface area contributed by atoms with Crippen LogP contribution in [0.4, 0.5) is 0 Å². The molecule has 1 N–H and O–H groups in total. The second kappa shape index (κ2) is 5.86. The number of rotatable bonds is 5. The Kier molecular flexibility index (Phi) is 4.17. The third kappa shape index (κ3) is 3.91. The topological polar surface area (TPSA) is 96.0 Å². The van der Waals surface area contributed by atoms with Crippen molar-refractivity contribution in [2.75, 3.05) is 0 Å². The maximum Gasteiger partial charge on any atom is 0.216 e. The number of aryl methyl sites for hydroxylation is 1. The van der Waals surface area contributed by atoms with E-state index in [0.717, 1.165) is 0 Å². The summed E-state index contributed by atoms with van der Waals surface area (Å²) in [5.74, 6) is 0.271. The number of benzene rings is 1. The predicted molar refractivity (Wildman–Crippen MR) is 71.9 cm³/mol. The molecule has 1 aromatic carbocycles. The van der Waals surface area contributed by atoms with Gasteiger partial charge in [0.2, 0.25) is 10.0 Å². The van der Waals surface area contributed by atoms with Crippen molar-refractivity contribution in [2.45, 2.75) is 19.2 Å². The first kappa shape index (κ1) is 14.2. The quantitative estimate of drug-likeness (QED) is 0.900. The fraction of sp³-hybridized carbons (Fsp3) is 0.231. The van der Waals surface area contributed by atoms with Crippen LogP contribution in [0.25, 0.3) is 0 Å². The minimum Gasteiger partial charge on any atom is -0.360 e. The van der Waals surface area contributed by atoms with Crippen molar-refractivity contribution in [1.82, 2.24) is 9.88 Å². The van der Waals surface area contributed by atoms with Gasteiger partial charge >= 0.3 is 0 Å². The van der Waals surface area contributed by atoms with Gasteiger partial charge in [0, 0.05) is 6.07 Å². The number of hydrogen-bond acceptors (Lipinski definition) is 5. The lowest BCUT2D eigenvalue weighted by atomic mass is 10.2. The molecule has 0 fully saturated rings. The van der Waals surface area contributed by atoms with E-state index in [4.69, 9.17) is 9.78 Å².